The second-order valence-corrected chi connectivity index (χ2v) is 7.35. The number of alkyl halides is 3. The zero-order chi connectivity index (χ0) is 18.3. The minimum absolute atomic E-state index is 0.197. The zero-order valence-corrected chi connectivity index (χ0v) is 15.4. The highest BCUT2D eigenvalue weighted by atomic mass is 32.1. The van der Waals surface area contributed by atoms with E-state index in [4.69, 9.17) is 9.31 Å². The predicted molar refractivity (Wildman–Crippen MR) is 94.1 cm³/mol. The van der Waals surface area contributed by atoms with Crippen LogP contribution in [0.25, 0.3) is 6.08 Å². The number of hydrogen-bond donors (Lipinski definition) is 1. The highest BCUT2D eigenvalue weighted by molar-refractivity contribution is 7.80. The molecule has 2 nitrogen and oxygen atoms in total. The van der Waals surface area contributed by atoms with Crippen LogP contribution in [0.4, 0.5) is 13.2 Å². The van der Waals surface area contributed by atoms with E-state index in [0.29, 0.717) is 16.8 Å². The van der Waals surface area contributed by atoms with Crippen LogP contribution in [0.2, 0.25) is 0 Å². The summed E-state index contributed by atoms with van der Waals surface area (Å²) in [5, 5.41) is 0. The van der Waals surface area contributed by atoms with E-state index < -0.39 is 30.1 Å². The lowest BCUT2D eigenvalue weighted by molar-refractivity contribution is -0.138. The highest BCUT2D eigenvalue weighted by Crippen LogP contribution is 2.39. The van der Waals surface area contributed by atoms with Gasteiger partial charge in [-0.1, -0.05) is 18.2 Å². The third kappa shape index (κ3) is 3.84. The quantitative estimate of drug-likeness (QED) is 0.608. The van der Waals surface area contributed by atoms with Gasteiger partial charge >= 0.3 is 13.3 Å². The highest BCUT2D eigenvalue weighted by Gasteiger charge is 2.52. The largest absolute Gasteiger partial charge is 0.491 e. The summed E-state index contributed by atoms with van der Waals surface area (Å²) in [5.74, 6) is 0.325. The fourth-order valence-electron chi connectivity index (χ4n) is 2.43. The molecule has 0 unspecified atom stereocenters. The van der Waals surface area contributed by atoms with Gasteiger partial charge in [0, 0.05) is 5.75 Å². The smallest absolute Gasteiger partial charge is 0.400 e. The molecule has 0 amide bonds. The fourth-order valence-corrected chi connectivity index (χ4v) is 2.67. The molecule has 0 aromatic heterocycles. The number of aryl methyl sites for hydroxylation is 1. The average molecular weight is 358 g/mol. The minimum atomic E-state index is -4.38. The molecule has 1 heterocycles. The van der Waals surface area contributed by atoms with Crippen molar-refractivity contribution >= 4 is 25.8 Å². The Morgan fingerprint density at radius 1 is 1.17 bits per heavy atom. The number of thiol groups is 1. The molecule has 7 heteroatoms. The summed E-state index contributed by atoms with van der Waals surface area (Å²) >= 11 is 4.29. The Balaban J connectivity index is 2.36. The molecule has 1 fully saturated rings. The molecule has 0 aliphatic carbocycles. The van der Waals surface area contributed by atoms with Gasteiger partial charge in [-0.2, -0.15) is 25.8 Å². The predicted octanol–water partition coefficient (Wildman–Crippen LogP) is 4.96. The van der Waals surface area contributed by atoms with E-state index in [-0.39, 0.29) is 5.56 Å². The van der Waals surface area contributed by atoms with E-state index in [0.717, 1.165) is 6.07 Å². The van der Waals surface area contributed by atoms with E-state index in [1.807, 2.05) is 27.7 Å². The summed E-state index contributed by atoms with van der Waals surface area (Å²) < 4.78 is 51.1. The van der Waals surface area contributed by atoms with Crippen molar-refractivity contribution in [2.75, 3.05) is 5.75 Å². The third-order valence-corrected chi connectivity index (χ3v) is 5.02. The summed E-state index contributed by atoms with van der Waals surface area (Å²) in [7, 11) is -0.622. The molecule has 0 saturated carbocycles. The van der Waals surface area contributed by atoms with Crippen molar-refractivity contribution in [3.8, 4) is 0 Å². The first-order valence-corrected chi connectivity index (χ1v) is 8.35. The maximum atomic E-state index is 13.1. The molecule has 1 aromatic carbocycles. The first-order valence-electron chi connectivity index (χ1n) is 7.72. The second kappa shape index (κ2) is 6.43. The van der Waals surface area contributed by atoms with Gasteiger partial charge in [0.1, 0.15) is 0 Å². The van der Waals surface area contributed by atoms with Crippen molar-refractivity contribution in [3.63, 3.8) is 0 Å². The first kappa shape index (κ1) is 19.4. The SMILES string of the molecule is Cc1ccc(C=C(CS)B2OC(C)(C)C(C)(C)O2)cc1C(F)(F)F. The molecule has 0 radical (unpaired) electrons. The van der Waals surface area contributed by atoms with Crippen molar-refractivity contribution in [3.05, 3.63) is 40.4 Å². The van der Waals surface area contributed by atoms with Gasteiger partial charge in [0.2, 0.25) is 0 Å². The summed E-state index contributed by atoms with van der Waals surface area (Å²) in [6, 6.07) is 4.26. The normalized spacial score (nSPS) is 20.5. The van der Waals surface area contributed by atoms with Crippen molar-refractivity contribution in [1.82, 2.24) is 0 Å². The van der Waals surface area contributed by atoms with Crippen LogP contribution in [-0.4, -0.2) is 24.1 Å². The Morgan fingerprint density at radius 2 is 1.71 bits per heavy atom. The van der Waals surface area contributed by atoms with Gasteiger partial charge < -0.3 is 9.31 Å². The van der Waals surface area contributed by atoms with Crippen LogP contribution < -0.4 is 0 Å². The molecular formula is C17H22BF3O2S. The van der Waals surface area contributed by atoms with E-state index in [2.05, 4.69) is 12.6 Å². The molecule has 1 aromatic rings. The molecule has 1 aliphatic rings. The maximum Gasteiger partial charge on any atom is 0.491 e. The third-order valence-electron chi connectivity index (χ3n) is 4.66. The molecule has 0 bridgehead atoms. The lowest BCUT2D eigenvalue weighted by Gasteiger charge is -2.32. The second-order valence-electron chi connectivity index (χ2n) is 7.04. The Morgan fingerprint density at radius 3 is 2.17 bits per heavy atom. The van der Waals surface area contributed by atoms with Gasteiger partial charge in [0.25, 0.3) is 0 Å². The lowest BCUT2D eigenvalue weighted by Crippen LogP contribution is -2.41. The summed E-state index contributed by atoms with van der Waals surface area (Å²) in [4.78, 5) is 0. The van der Waals surface area contributed by atoms with Crippen LogP contribution in [0, 0.1) is 6.92 Å². The van der Waals surface area contributed by atoms with Crippen molar-refractivity contribution in [2.45, 2.75) is 52.0 Å². The number of halogens is 3. The lowest BCUT2D eigenvalue weighted by atomic mass is 9.78. The first-order chi connectivity index (χ1) is 10.9. The number of rotatable bonds is 3. The van der Waals surface area contributed by atoms with Crippen LogP contribution in [0.5, 0.6) is 0 Å². The van der Waals surface area contributed by atoms with E-state index in [1.165, 1.54) is 13.0 Å². The van der Waals surface area contributed by atoms with Crippen LogP contribution in [0.1, 0.15) is 44.4 Å². The van der Waals surface area contributed by atoms with Gasteiger partial charge in [-0.05, 0) is 57.3 Å². The summed E-state index contributed by atoms with van der Waals surface area (Å²) in [6.45, 7) is 9.16. The van der Waals surface area contributed by atoms with E-state index in [1.54, 1.807) is 12.1 Å². The Hall–Kier alpha value is -0.915. The molecule has 0 spiro atoms. The van der Waals surface area contributed by atoms with Crippen LogP contribution >= 0.6 is 12.6 Å². The topological polar surface area (TPSA) is 18.5 Å². The molecular weight excluding hydrogens is 336 g/mol. The molecule has 0 atom stereocenters. The van der Waals surface area contributed by atoms with E-state index in [9.17, 15) is 13.2 Å². The number of hydrogen-bond acceptors (Lipinski definition) is 3. The van der Waals surface area contributed by atoms with Gasteiger partial charge in [-0.25, -0.2) is 0 Å². The van der Waals surface area contributed by atoms with Crippen LogP contribution in [0.3, 0.4) is 0 Å². The molecule has 0 N–H and O–H groups in total. The Bertz CT molecular complexity index is 638. The van der Waals surface area contributed by atoms with E-state index >= 15 is 0 Å². The van der Waals surface area contributed by atoms with Crippen molar-refractivity contribution in [2.24, 2.45) is 0 Å². The van der Waals surface area contributed by atoms with Gasteiger partial charge in [-0.15, -0.1) is 0 Å². The van der Waals surface area contributed by atoms with Crippen molar-refractivity contribution in [1.29, 1.82) is 0 Å². The van der Waals surface area contributed by atoms with Crippen molar-refractivity contribution < 1.29 is 22.5 Å². The standard InChI is InChI=1S/C17H22BF3O2S/c1-11-6-7-12(9-14(11)17(19,20)21)8-13(10-24)18-22-15(2,3)16(4,5)23-18/h6-9,24H,10H2,1-5H3. The Labute approximate surface area is 147 Å². The summed E-state index contributed by atoms with van der Waals surface area (Å²) in [6.07, 6.45) is -2.72. The molecule has 2 rings (SSSR count). The van der Waals surface area contributed by atoms with Gasteiger partial charge in [0.15, 0.2) is 0 Å². The average Bonchev–Trinajstić information content (AvgIpc) is 2.65. The van der Waals surface area contributed by atoms with Crippen LogP contribution in [-0.2, 0) is 15.5 Å². The van der Waals surface area contributed by atoms with Gasteiger partial charge in [-0.3, -0.25) is 0 Å². The monoisotopic (exact) mass is 358 g/mol. The molecule has 1 saturated heterocycles. The van der Waals surface area contributed by atoms with Gasteiger partial charge in [0.05, 0.1) is 16.8 Å². The van der Waals surface area contributed by atoms with Crippen LogP contribution in [0.15, 0.2) is 23.7 Å². The Kier molecular flexibility index (Phi) is 5.20. The fraction of sp³-hybridized carbons (Fsp3) is 0.529. The zero-order valence-electron chi connectivity index (χ0n) is 14.5. The molecule has 1 aliphatic heterocycles. The molecule has 132 valence electrons. The molecule has 24 heavy (non-hydrogen) atoms. The summed E-state index contributed by atoms with van der Waals surface area (Å²) in [5.41, 5.74) is -0.319. The maximum absolute atomic E-state index is 13.1. The minimum Gasteiger partial charge on any atom is -0.400 e. The number of benzene rings is 1.